The van der Waals surface area contributed by atoms with Crippen LogP contribution in [0.5, 0.6) is 0 Å². The van der Waals surface area contributed by atoms with Gasteiger partial charge >= 0.3 is 0 Å². The summed E-state index contributed by atoms with van der Waals surface area (Å²) in [5.41, 5.74) is 9.72. The van der Waals surface area contributed by atoms with Gasteiger partial charge in [0.15, 0.2) is 0 Å². The minimum Gasteiger partial charge on any atom is -0.389 e. The summed E-state index contributed by atoms with van der Waals surface area (Å²) in [4.78, 5) is 0.380. The van der Waals surface area contributed by atoms with E-state index in [0.717, 1.165) is 21.4 Å². The Balaban J connectivity index is 2.34. The van der Waals surface area contributed by atoms with Gasteiger partial charge in [-0.05, 0) is 37.3 Å². The maximum atomic E-state index is 5.73. The molecule has 0 aliphatic rings. The second-order valence-corrected chi connectivity index (χ2v) is 5.40. The van der Waals surface area contributed by atoms with Gasteiger partial charge in [-0.2, -0.15) is 0 Å². The molecule has 0 saturated heterocycles. The van der Waals surface area contributed by atoms with Crippen LogP contribution >= 0.6 is 28.1 Å². The minimum atomic E-state index is 0.380. The lowest BCUT2D eigenvalue weighted by molar-refractivity contribution is 1.45. The zero-order valence-electron chi connectivity index (χ0n) is 9.91. The van der Waals surface area contributed by atoms with Crippen molar-refractivity contribution >= 4 is 44.5 Å². The molecule has 0 radical (unpaired) electrons. The first kappa shape index (κ1) is 13.1. The molecule has 2 nitrogen and oxygen atoms in total. The standard InChI is InChI=1S/C14H13BrN2S/c1-9-2-5-11(6-3-9)17-13-7-4-10(15)8-12(13)14(16)18/h2-8,17H,1H3,(H2,16,18). The predicted octanol–water partition coefficient (Wildman–Crippen LogP) is 4.14. The smallest absolute Gasteiger partial charge is 0.106 e. The summed E-state index contributed by atoms with van der Waals surface area (Å²) >= 11 is 8.48. The summed E-state index contributed by atoms with van der Waals surface area (Å²) in [7, 11) is 0. The molecule has 0 fully saturated rings. The molecule has 0 saturated carbocycles. The fourth-order valence-corrected chi connectivity index (χ4v) is 2.15. The summed E-state index contributed by atoms with van der Waals surface area (Å²) in [5.74, 6) is 0. The van der Waals surface area contributed by atoms with Crippen LogP contribution in [0.25, 0.3) is 0 Å². The topological polar surface area (TPSA) is 38.0 Å². The number of nitrogens with one attached hydrogen (secondary N) is 1. The minimum absolute atomic E-state index is 0.380. The molecule has 0 spiro atoms. The van der Waals surface area contributed by atoms with Crippen LogP contribution in [0.15, 0.2) is 46.9 Å². The third-order valence-corrected chi connectivity index (χ3v) is 3.29. The van der Waals surface area contributed by atoms with Gasteiger partial charge in [0.1, 0.15) is 4.99 Å². The van der Waals surface area contributed by atoms with Crippen LogP contribution in [0, 0.1) is 6.92 Å². The fourth-order valence-electron chi connectivity index (χ4n) is 1.62. The van der Waals surface area contributed by atoms with E-state index in [4.69, 9.17) is 18.0 Å². The number of hydrogen-bond acceptors (Lipinski definition) is 2. The van der Waals surface area contributed by atoms with Gasteiger partial charge in [-0.3, -0.25) is 0 Å². The average Bonchev–Trinajstić information content (AvgIpc) is 2.34. The van der Waals surface area contributed by atoms with E-state index < -0.39 is 0 Å². The van der Waals surface area contributed by atoms with Gasteiger partial charge in [0, 0.05) is 21.4 Å². The van der Waals surface area contributed by atoms with E-state index in [1.165, 1.54) is 5.56 Å². The highest BCUT2D eigenvalue weighted by atomic mass is 79.9. The lowest BCUT2D eigenvalue weighted by Crippen LogP contribution is -2.11. The zero-order valence-corrected chi connectivity index (χ0v) is 12.3. The first-order valence-corrected chi connectivity index (χ1v) is 6.69. The van der Waals surface area contributed by atoms with Crippen molar-refractivity contribution in [3.05, 3.63) is 58.1 Å². The van der Waals surface area contributed by atoms with Crippen LogP contribution in [0.4, 0.5) is 11.4 Å². The molecule has 4 heteroatoms. The molecule has 2 rings (SSSR count). The van der Waals surface area contributed by atoms with E-state index in [1.54, 1.807) is 0 Å². The third kappa shape index (κ3) is 3.09. The maximum Gasteiger partial charge on any atom is 0.106 e. The Bertz CT molecular complexity index is 579. The van der Waals surface area contributed by atoms with Crippen molar-refractivity contribution in [3.63, 3.8) is 0 Å². The molecule has 0 bridgehead atoms. The Morgan fingerprint density at radius 1 is 1.17 bits per heavy atom. The van der Waals surface area contributed by atoms with Gasteiger partial charge in [-0.15, -0.1) is 0 Å². The predicted molar refractivity (Wildman–Crippen MR) is 84.5 cm³/mol. The van der Waals surface area contributed by atoms with E-state index in [-0.39, 0.29) is 0 Å². The van der Waals surface area contributed by atoms with E-state index >= 15 is 0 Å². The summed E-state index contributed by atoms with van der Waals surface area (Å²) < 4.78 is 0.958. The molecular formula is C14H13BrN2S. The number of anilines is 2. The van der Waals surface area contributed by atoms with E-state index in [1.807, 2.05) is 30.3 Å². The first-order valence-electron chi connectivity index (χ1n) is 5.49. The van der Waals surface area contributed by atoms with Gasteiger partial charge in [-0.1, -0.05) is 45.8 Å². The van der Waals surface area contributed by atoms with Crippen LogP contribution < -0.4 is 11.1 Å². The van der Waals surface area contributed by atoms with E-state index in [9.17, 15) is 0 Å². The lowest BCUT2D eigenvalue weighted by atomic mass is 10.1. The van der Waals surface area contributed by atoms with Crippen molar-refractivity contribution in [1.29, 1.82) is 0 Å². The summed E-state index contributed by atoms with van der Waals surface area (Å²) in [6, 6.07) is 14.0. The number of nitrogens with two attached hydrogens (primary N) is 1. The van der Waals surface area contributed by atoms with Crippen molar-refractivity contribution in [3.8, 4) is 0 Å². The Hall–Kier alpha value is -1.39. The van der Waals surface area contributed by atoms with Crippen molar-refractivity contribution in [2.24, 2.45) is 5.73 Å². The molecule has 3 N–H and O–H groups in total. The van der Waals surface area contributed by atoms with Crippen molar-refractivity contribution in [1.82, 2.24) is 0 Å². The number of halogens is 1. The SMILES string of the molecule is Cc1ccc(Nc2ccc(Br)cc2C(N)=S)cc1. The second kappa shape index (κ2) is 5.50. The Morgan fingerprint density at radius 2 is 1.83 bits per heavy atom. The van der Waals surface area contributed by atoms with Crippen molar-refractivity contribution in [2.75, 3.05) is 5.32 Å². The summed E-state index contributed by atoms with van der Waals surface area (Å²) in [6.07, 6.45) is 0. The van der Waals surface area contributed by atoms with Crippen LogP contribution in [-0.4, -0.2) is 4.99 Å². The molecule has 0 heterocycles. The maximum absolute atomic E-state index is 5.73. The number of rotatable bonds is 3. The molecule has 0 amide bonds. The summed E-state index contributed by atoms with van der Waals surface area (Å²) in [5, 5.41) is 3.32. The number of hydrogen-bond donors (Lipinski definition) is 2. The number of thiocarbonyl (C=S) groups is 1. The van der Waals surface area contributed by atoms with Gasteiger partial charge in [-0.25, -0.2) is 0 Å². The van der Waals surface area contributed by atoms with Crippen molar-refractivity contribution in [2.45, 2.75) is 6.92 Å². The first-order chi connectivity index (χ1) is 8.56. The molecule has 2 aromatic carbocycles. The third-order valence-electron chi connectivity index (χ3n) is 2.58. The highest BCUT2D eigenvalue weighted by molar-refractivity contribution is 9.10. The monoisotopic (exact) mass is 320 g/mol. The quantitative estimate of drug-likeness (QED) is 0.835. The van der Waals surface area contributed by atoms with Crippen LogP contribution in [0.1, 0.15) is 11.1 Å². The molecule has 0 atom stereocenters. The van der Waals surface area contributed by atoms with Crippen molar-refractivity contribution < 1.29 is 0 Å². The lowest BCUT2D eigenvalue weighted by Gasteiger charge is -2.12. The number of benzene rings is 2. The molecule has 92 valence electrons. The largest absolute Gasteiger partial charge is 0.389 e. The summed E-state index contributed by atoms with van der Waals surface area (Å²) in [6.45, 7) is 2.06. The molecular weight excluding hydrogens is 308 g/mol. The Labute approximate surface area is 120 Å². The molecule has 0 aliphatic heterocycles. The van der Waals surface area contributed by atoms with Gasteiger partial charge in [0.05, 0.1) is 0 Å². The van der Waals surface area contributed by atoms with Crippen LogP contribution in [0.3, 0.4) is 0 Å². The highest BCUT2D eigenvalue weighted by Gasteiger charge is 2.06. The number of aryl methyl sites for hydroxylation is 1. The molecule has 2 aromatic rings. The fraction of sp³-hybridized carbons (Fsp3) is 0.0714. The average molecular weight is 321 g/mol. The van der Waals surface area contributed by atoms with Crippen LogP contribution in [0.2, 0.25) is 0 Å². The van der Waals surface area contributed by atoms with Crippen LogP contribution in [-0.2, 0) is 0 Å². The second-order valence-electron chi connectivity index (χ2n) is 4.05. The van der Waals surface area contributed by atoms with Gasteiger partial charge in [0.25, 0.3) is 0 Å². The van der Waals surface area contributed by atoms with E-state index in [2.05, 4.69) is 40.3 Å². The van der Waals surface area contributed by atoms with Gasteiger partial charge < -0.3 is 11.1 Å². The van der Waals surface area contributed by atoms with E-state index in [0.29, 0.717) is 4.99 Å². The molecule has 18 heavy (non-hydrogen) atoms. The molecule has 0 aromatic heterocycles. The Morgan fingerprint density at radius 3 is 2.44 bits per heavy atom. The Kier molecular flexibility index (Phi) is 3.99. The zero-order chi connectivity index (χ0) is 13.1. The molecule has 0 unspecified atom stereocenters. The normalized spacial score (nSPS) is 10.1. The molecule has 0 aliphatic carbocycles. The van der Waals surface area contributed by atoms with Gasteiger partial charge in [0.2, 0.25) is 0 Å². The highest BCUT2D eigenvalue weighted by Crippen LogP contribution is 2.24.